The molecule has 0 radical (unpaired) electrons. The third kappa shape index (κ3) is 9.92. The molecule has 5 nitrogen and oxygen atoms in total. The molecule has 0 fully saturated rings. The van der Waals surface area contributed by atoms with Crippen LogP contribution in [-0.2, 0) is 20.2 Å². The molecule has 3 aromatic rings. The zero-order valence-electron chi connectivity index (χ0n) is 26.0. The van der Waals surface area contributed by atoms with Crippen LogP contribution < -0.4 is 9.47 Å². The molecule has 0 aliphatic heterocycles. The van der Waals surface area contributed by atoms with Gasteiger partial charge in [0.25, 0.3) is 0 Å². The predicted molar refractivity (Wildman–Crippen MR) is 174 cm³/mol. The maximum atomic E-state index is 6.39. The van der Waals surface area contributed by atoms with Crippen LogP contribution in [0.15, 0.2) is 34.3 Å². The van der Waals surface area contributed by atoms with Crippen molar-refractivity contribution in [3.8, 4) is 11.5 Å². The second-order valence-corrected chi connectivity index (χ2v) is 12.3. The molecule has 0 aliphatic rings. The Kier molecular flexibility index (Phi) is 15.1. The van der Waals surface area contributed by atoms with Gasteiger partial charge in [-0.3, -0.25) is 9.98 Å². The first kappa shape index (κ1) is 35.0. The van der Waals surface area contributed by atoms with Gasteiger partial charge < -0.3 is 14.0 Å². The van der Waals surface area contributed by atoms with E-state index >= 15 is 0 Å². The van der Waals surface area contributed by atoms with Crippen LogP contribution in [0.3, 0.4) is 0 Å². The molecule has 41 heavy (non-hydrogen) atoms. The first-order valence-electron chi connectivity index (χ1n) is 14.2. The van der Waals surface area contributed by atoms with Crippen LogP contribution in [0, 0.1) is 41.5 Å². The fourth-order valence-corrected chi connectivity index (χ4v) is 4.88. The summed E-state index contributed by atoms with van der Waals surface area (Å²) in [5.41, 5.74) is 10.9. The molecule has 0 atom stereocenters. The van der Waals surface area contributed by atoms with Crippen LogP contribution >= 0.6 is 20.2 Å². The number of hydrogen-bond acceptors (Lipinski definition) is 4. The van der Waals surface area contributed by atoms with E-state index < -0.39 is 0 Å². The predicted octanol–water partition coefficient (Wildman–Crippen LogP) is 10.1. The minimum atomic E-state index is 0.194. The van der Waals surface area contributed by atoms with Gasteiger partial charge in [-0.05, 0) is 76.6 Å². The number of ether oxygens (including phenoxy) is 2. The van der Waals surface area contributed by atoms with Gasteiger partial charge in [0.2, 0.25) is 0 Å². The Labute approximate surface area is 262 Å². The van der Waals surface area contributed by atoms with E-state index in [9.17, 15) is 0 Å². The van der Waals surface area contributed by atoms with E-state index in [4.69, 9.17) is 39.7 Å². The van der Waals surface area contributed by atoms with Gasteiger partial charge in [0.1, 0.15) is 11.4 Å². The zero-order chi connectivity index (χ0) is 30.5. The summed E-state index contributed by atoms with van der Waals surface area (Å²) in [4.78, 5) is 9.90. The summed E-state index contributed by atoms with van der Waals surface area (Å²) in [6, 6.07) is 8.69. The molecule has 0 saturated carbocycles. The Balaban J connectivity index is 0.00000187. The van der Waals surface area contributed by atoms with Crippen molar-refractivity contribution in [2.45, 2.75) is 81.1 Å². The van der Waals surface area contributed by atoms with Crippen LogP contribution in [0.2, 0.25) is 0 Å². The summed E-state index contributed by atoms with van der Waals surface area (Å²) in [7, 11) is 11.6. The summed E-state index contributed by atoms with van der Waals surface area (Å²) in [6.07, 6.45) is 7.90. The molecule has 1 heterocycles. The van der Waals surface area contributed by atoms with Gasteiger partial charge in [0.15, 0.2) is 11.5 Å². The Bertz CT molecular complexity index is 1200. The Morgan fingerprint density at radius 3 is 1.29 bits per heavy atom. The molecule has 2 aromatic carbocycles. The van der Waals surface area contributed by atoms with Gasteiger partial charge in [-0.15, -0.1) is 0 Å². The molecule has 0 saturated heterocycles. The van der Waals surface area contributed by atoms with Gasteiger partial charge in [0, 0.05) is 7.05 Å². The number of aryl methyl sites for hydroxylation is 6. The second kappa shape index (κ2) is 17.7. The van der Waals surface area contributed by atoms with Crippen molar-refractivity contribution >= 4 is 44.0 Å². The number of hydrogen-bond donors (Lipinski definition) is 0. The van der Waals surface area contributed by atoms with Gasteiger partial charge in [-0.1, -0.05) is 62.1 Å². The van der Waals surface area contributed by atoms with Crippen LogP contribution in [0.1, 0.15) is 84.3 Å². The van der Waals surface area contributed by atoms with E-state index in [1.54, 1.807) is 0 Å². The van der Waals surface area contributed by atoms with Crippen LogP contribution in [0.4, 0.5) is 11.4 Å². The number of benzene rings is 2. The van der Waals surface area contributed by atoms with E-state index in [0.29, 0.717) is 13.2 Å². The number of nitrogens with zero attached hydrogens (tertiary/aromatic N) is 3. The normalized spacial score (nSPS) is 11.4. The summed E-state index contributed by atoms with van der Waals surface area (Å²) in [5.74, 6) is 1.48. The van der Waals surface area contributed by atoms with Gasteiger partial charge >= 0.3 is 33.3 Å². The molecule has 0 amide bonds. The SMILES string of the molecule is CCCCOc1c(OCCCC)c(C=Nc2c(C)cc(C)cc2C)n(C)c1C=Nc1c(C)cc(C)cc1C.[Cl][Fe][Cl]. The van der Waals surface area contributed by atoms with Crippen LogP contribution in [-0.4, -0.2) is 30.2 Å². The number of rotatable bonds is 12. The summed E-state index contributed by atoms with van der Waals surface area (Å²) in [5, 5.41) is 0. The Hall–Kier alpha value is -2.24. The molecule has 0 spiro atoms. The van der Waals surface area contributed by atoms with Crippen LogP contribution in [0.5, 0.6) is 11.5 Å². The topological polar surface area (TPSA) is 48.1 Å². The van der Waals surface area contributed by atoms with Gasteiger partial charge in [-0.2, -0.15) is 0 Å². The number of unbranched alkanes of at least 4 members (excludes halogenated alkanes) is 2. The van der Waals surface area contributed by atoms with Crippen LogP contribution in [0.25, 0.3) is 0 Å². The van der Waals surface area contributed by atoms with Crippen molar-refractivity contribution in [3.63, 3.8) is 0 Å². The van der Waals surface area contributed by atoms with Crippen molar-refractivity contribution in [2.75, 3.05) is 13.2 Å². The van der Waals surface area contributed by atoms with E-state index in [1.165, 1.54) is 11.1 Å². The first-order chi connectivity index (χ1) is 19.6. The average molecular weight is 642 g/mol. The Morgan fingerprint density at radius 2 is 1.00 bits per heavy atom. The maximum absolute atomic E-state index is 6.39. The molecule has 0 aliphatic carbocycles. The van der Waals surface area contributed by atoms with E-state index in [2.05, 4.69) is 84.2 Å². The molecule has 3 rings (SSSR count). The molecular formula is C33H45Cl2FeN3O2. The number of aromatic nitrogens is 1. The van der Waals surface area contributed by atoms with Crippen molar-refractivity contribution < 1.29 is 22.6 Å². The summed E-state index contributed by atoms with van der Waals surface area (Å²) >= 11 is 0.194. The number of halogens is 2. The average Bonchev–Trinajstić information content (AvgIpc) is 3.13. The summed E-state index contributed by atoms with van der Waals surface area (Å²) in [6.45, 7) is 18.3. The summed E-state index contributed by atoms with van der Waals surface area (Å²) < 4.78 is 14.9. The fourth-order valence-electron chi connectivity index (χ4n) is 4.88. The molecule has 0 bridgehead atoms. The van der Waals surface area contributed by atoms with E-state index in [1.807, 2.05) is 19.5 Å². The van der Waals surface area contributed by atoms with E-state index in [0.717, 1.165) is 82.2 Å². The molecule has 0 unspecified atom stereocenters. The third-order valence-corrected chi connectivity index (χ3v) is 6.79. The molecular weight excluding hydrogens is 597 g/mol. The monoisotopic (exact) mass is 641 g/mol. The van der Waals surface area contributed by atoms with Crippen molar-refractivity contribution in [3.05, 3.63) is 69.0 Å². The van der Waals surface area contributed by atoms with Crippen molar-refractivity contribution in [1.29, 1.82) is 0 Å². The Morgan fingerprint density at radius 1 is 0.683 bits per heavy atom. The van der Waals surface area contributed by atoms with Crippen molar-refractivity contribution in [2.24, 2.45) is 17.0 Å². The van der Waals surface area contributed by atoms with E-state index in [-0.39, 0.29) is 13.1 Å². The standard InChI is InChI=1S/C33H45N3O2.2ClH.Fe/c1-10-12-14-37-32-28(20-34-30-24(5)16-22(3)17-25(30)6)36(9)29(33(32)38-15-13-11-2)21-35-31-26(7)18-23(4)19-27(31)8;;;/h16-21H,10-15H2,1-9H3;2*1H;/q;;;+2/p-2. The molecule has 226 valence electrons. The van der Waals surface area contributed by atoms with Crippen molar-refractivity contribution in [1.82, 2.24) is 4.57 Å². The first-order valence-corrected chi connectivity index (χ1v) is 17.2. The zero-order valence-corrected chi connectivity index (χ0v) is 28.6. The number of aliphatic imine (C=N–C) groups is 2. The third-order valence-electron chi connectivity index (χ3n) is 6.79. The van der Waals surface area contributed by atoms with Gasteiger partial charge in [-0.25, -0.2) is 0 Å². The molecule has 1 aromatic heterocycles. The minimum absolute atomic E-state index is 0.194. The fraction of sp³-hybridized carbons (Fsp3) is 0.455. The molecule has 8 heteroatoms. The quantitative estimate of drug-likeness (QED) is 0.112. The second-order valence-electron chi connectivity index (χ2n) is 10.5. The molecule has 0 N–H and O–H groups in total. The van der Waals surface area contributed by atoms with Gasteiger partial charge in [0.05, 0.1) is 37.0 Å².